The van der Waals surface area contributed by atoms with Gasteiger partial charge in [0.2, 0.25) is 5.91 Å². The van der Waals surface area contributed by atoms with Gasteiger partial charge in [0.25, 0.3) is 0 Å². The molecule has 0 aliphatic rings. The molecule has 144 valence electrons. The lowest BCUT2D eigenvalue weighted by atomic mass is 10.1. The van der Waals surface area contributed by atoms with Gasteiger partial charge < -0.3 is 16.0 Å². The molecule has 2 rings (SSSR count). The monoisotopic (exact) mass is 435 g/mol. The van der Waals surface area contributed by atoms with E-state index in [1.807, 2.05) is 32.0 Å². The van der Waals surface area contributed by atoms with Gasteiger partial charge >= 0.3 is 6.03 Å². The van der Waals surface area contributed by atoms with Crippen LogP contribution in [0.3, 0.4) is 0 Å². The van der Waals surface area contributed by atoms with E-state index in [1.54, 1.807) is 12.1 Å². The van der Waals surface area contributed by atoms with E-state index in [0.29, 0.717) is 12.1 Å². The third kappa shape index (κ3) is 6.67. The second-order valence-electron chi connectivity index (χ2n) is 6.24. The molecule has 0 saturated carbocycles. The number of halogens is 2. The highest BCUT2D eigenvalue weighted by Gasteiger charge is 2.20. The van der Waals surface area contributed by atoms with Gasteiger partial charge in [-0.2, -0.15) is 0 Å². The Bertz CT molecular complexity index is 796. The molecule has 0 heterocycles. The van der Waals surface area contributed by atoms with Crippen molar-refractivity contribution in [3.63, 3.8) is 0 Å². The summed E-state index contributed by atoms with van der Waals surface area (Å²) < 4.78 is 13.8. The Balaban J connectivity index is 1.93. The SMILES string of the molecule is CCCC(NC(=O)NCc1ccc(F)cc1)C(=O)Nc1ccc(Br)cc1C. The number of aryl methyl sites for hydroxylation is 1. The van der Waals surface area contributed by atoms with Crippen LogP contribution in [0.1, 0.15) is 30.9 Å². The van der Waals surface area contributed by atoms with E-state index in [-0.39, 0.29) is 18.3 Å². The molecule has 0 spiro atoms. The van der Waals surface area contributed by atoms with E-state index >= 15 is 0 Å². The van der Waals surface area contributed by atoms with Crippen LogP contribution in [-0.4, -0.2) is 18.0 Å². The summed E-state index contributed by atoms with van der Waals surface area (Å²) in [5.74, 6) is -0.592. The Morgan fingerprint density at radius 3 is 2.48 bits per heavy atom. The van der Waals surface area contributed by atoms with E-state index in [4.69, 9.17) is 0 Å². The second-order valence-corrected chi connectivity index (χ2v) is 7.16. The van der Waals surface area contributed by atoms with Crippen LogP contribution in [0.5, 0.6) is 0 Å². The van der Waals surface area contributed by atoms with E-state index in [0.717, 1.165) is 22.0 Å². The van der Waals surface area contributed by atoms with Gasteiger partial charge in [0.15, 0.2) is 0 Å². The van der Waals surface area contributed by atoms with Crippen LogP contribution in [0.4, 0.5) is 14.9 Å². The molecule has 0 fully saturated rings. The first-order chi connectivity index (χ1) is 12.9. The van der Waals surface area contributed by atoms with Crippen molar-refractivity contribution in [3.05, 3.63) is 63.9 Å². The number of anilines is 1. The summed E-state index contributed by atoms with van der Waals surface area (Å²) in [7, 11) is 0. The lowest BCUT2D eigenvalue weighted by Gasteiger charge is -2.19. The normalized spacial score (nSPS) is 11.6. The molecule has 27 heavy (non-hydrogen) atoms. The van der Waals surface area contributed by atoms with E-state index in [9.17, 15) is 14.0 Å². The average molecular weight is 436 g/mol. The predicted molar refractivity (Wildman–Crippen MR) is 108 cm³/mol. The first-order valence-corrected chi connectivity index (χ1v) is 9.54. The summed E-state index contributed by atoms with van der Waals surface area (Å²) >= 11 is 3.39. The summed E-state index contributed by atoms with van der Waals surface area (Å²) in [6.45, 7) is 4.10. The molecule has 0 aliphatic heterocycles. The highest BCUT2D eigenvalue weighted by Crippen LogP contribution is 2.20. The van der Waals surface area contributed by atoms with Crippen molar-refractivity contribution in [2.45, 2.75) is 39.3 Å². The Morgan fingerprint density at radius 2 is 1.85 bits per heavy atom. The summed E-state index contributed by atoms with van der Waals surface area (Å²) in [5.41, 5.74) is 2.40. The van der Waals surface area contributed by atoms with Crippen LogP contribution in [0.15, 0.2) is 46.9 Å². The third-order valence-electron chi connectivity index (χ3n) is 4.01. The summed E-state index contributed by atoms with van der Waals surface area (Å²) in [6.07, 6.45) is 1.26. The number of hydrogen-bond donors (Lipinski definition) is 3. The minimum atomic E-state index is -0.647. The van der Waals surface area contributed by atoms with Crippen molar-refractivity contribution in [2.24, 2.45) is 0 Å². The van der Waals surface area contributed by atoms with Crippen molar-refractivity contribution in [1.29, 1.82) is 0 Å². The van der Waals surface area contributed by atoms with Crippen LogP contribution in [0.2, 0.25) is 0 Å². The first kappa shape index (κ1) is 20.9. The first-order valence-electron chi connectivity index (χ1n) is 8.75. The maximum atomic E-state index is 12.9. The molecular formula is C20H23BrFN3O2. The molecule has 0 aliphatic carbocycles. The lowest BCUT2D eigenvalue weighted by molar-refractivity contribution is -0.118. The van der Waals surface area contributed by atoms with Crippen LogP contribution in [0.25, 0.3) is 0 Å². The van der Waals surface area contributed by atoms with Crippen LogP contribution < -0.4 is 16.0 Å². The summed E-state index contributed by atoms with van der Waals surface area (Å²) in [4.78, 5) is 24.7. The fourth-order valence-electron chi connectivity index (χ4n) is 2.54. The molecule has 2 aromatic rings. The van der Waals surface area contributed by atoms with Crippen molar-refractivity contribution < 1.29 is 14.0 Å². The number of benzene rings is 2. The average Bonchev–Trinajstić information content (AvgIpc) is 2.63. The standard InChI is InChI=1S/C20H23BrFN3O2/c1-3-4-18(19(26)24-17-10-7-15(21)11-13(17)2)25-20(27)23-12-14-5-8-16(22)9-6-14/h5-11,18H,3-4,12H2,1-2H3,(H,24,26)(H2,23,25,27). The lowest BCUT2D eigenvalue weighted by Crippen LogP contribution is -2.47. The molecule has 1 unspecified atom stereocenters. The largest absolute Gasteiger partial charge is 0.334 e. The molecule has 7 heteroatoms. The highest BCUT2D eigenvalue weighted by atomic mass is 79.9. The Labute approximate surface area is 166 Å². The van der Waals surface area contributed by atoms with Gasteiger partial charge in [-0.05, 0) is 54.8 Å². The molecule has 5 nitrogen and oxygen atoms in total. The number of rotatable bonds is 7. The highest BCUT2D eigenvalue weighted by molar-refractivity contribution is 9.10. The molecule has 0 bridgehead atoms. The zero-order valence-corrected chi connectivity index (χ0v) is 16.9. The Hall–Kier alpha value is -2.41. The van der Waals surface area contributed by atoms with Crippen LogP contribution in [0, 0.1) is 12.7 Å². The Kier molecular flexibility index (Phi) is 7.79. The number of carbonyl (C=O) groups is 2. The minimum Gasteiger partial charge on any atom is -0.334 e. The topological polar surface area (TPSA) is 70.2 Å². The van der Waals surface area contributed by atoms with E-state index in [2.05, 4.69) is 31.9 Å². The smallest absolute Gasteiger partial charge is 0.315 e. The Morgan fingerprint density at radius 1 is 1.15 bits per heavy atom. The summed E-state index contributed by atoms with van der Waals surface area (Å²) in [6, 6.07) is 10.4. The third-order valence-corrected chi connectivity index (χ3v) is 4.51. The second kappa shape index (κ2) is 10.1. The number of nitrogens with one attached hydrogen (secondary N) is 3. The molecule has 3 N–H and O–H groups in total. The van der Waals surface area contributed by atoms with Gasteiger partial charge in [-0.15, -0.1) is 0 Å². The van der Waals surface area contributed by atoms with Crippen molar-refractivity contribution in [3.8, 4) is 0 Å². The van der Waals surface area contributed by atoms with Crippen LogP contribution in [-0.2, 0) is 11.3 Å². The molecule has 1 atom stereocenters. The predicted octanol–water partition coefficient (Wildman–Crippen LogP) is 4.50. The molecule has 3 amide bonds. The van der Waals surface area contributed by atoms with Crippen LogP contribution >= 0.6 is 15.9 Å². The fourth-order valence-corrected chi connectivity index (χ4v) is 3.01. The van der Waals surface area contributed by atoms with Gasteiger partial charge in [-0.25, -0.2) is 9.18 Å². The number of carbonyl (C=O) groups excluding carboxylic acids is 2. The fraction of sp³-hybridized carbons (Fsp3) is 0.300. The molecular weight excluding hydrogens is 413 g/mol. The van der Waals surface area contributed by atoms with Gasteiger partial charge in [0.1, 0.15) is 11.9 Å². The zero-order valence-electron chi connectivity index (χ0n) is 15.3. The summed E-state index contributed by atoms with van der Waals surface area (Å²) in [5, 5.41) is 8.25. The van der Waals surface area contributed by atoms with E-state index in [1.165, 1.54) is 12.1 Å². The molecule has 0 radical (unpaired) electrons. The minimum absolute atomic E-state index is 0.248. The number of amides is 3. The zero-order chi connectivity index (χ0) is 19.8. The number of hydrogen-bond acceptors (Lipinski definition) is 2. The van der Waals surface area contributed by atoms with Crippen molar-refractivity contribution in [1.82, 2.24) is 10.6 Å². The molecule has 0 aromatic heterocycles. The quantitative estimate of drug-likeness (QED) is 0.598. The van der Waals surface area contributed by atoms with Gasteiger partial charge in [0.05, 0.1) is 0 Å². The maximum absolute atomic E-state index is 12.9. The molecule has 0 saturated heterocycles. The maximum Gasteiger partial charge on any atom is 0.315 e. The van der Waals surface area contributed by atoms with Crippen molar-refractivity contribution >= 4 is 33.6 Å². The molecule has 2 aromatic carbocycles. The number of urea groups is 1. The van der Waals surface area contributed by atoms with Crippen molar-refractivity contribution in [2.75, 3.05) is 5.32 Å². The van der Waals surface area contributed by atoms with Gasteiger partial charge in [-0.1, -0.05) is 41.4 Å². The van der Waals surface area contributed by atoms with Gasteiger partial charge in [0, 0.05) is 16.7 Å². The van der Waals surface area contributed by atoms with E-state index < -0.39 is 12.1 Å². The van der Waals surface area contributed by atoms with Gasteiger partial charge in [-0.3, -0.25) is 4.79 Å².